The summed E-state index contributed by atoms with van der Waals surface area (Å²) in [6.07, 6.45) is 2.30. The van der Waals surface area contributed by atoms with Gasteiger partial charge in [0.1, 0.15) is 29.5 Å². The second-order valence-corrected chi connectivity index (χ2v) is 10.8. The number of phenols is 2. The highest BCUT2D eigenvalue weighted by molar-refractivity contribution is 6.31. The summed E-state index contributed by atoms with van der Waals surface area (Å²) in [6, 6.07) is 3.77. The van der Waals surface area contributed by atoms with E-state index in [2.05, 4.69) is 12.2 Å². The molecule has 4 rings (SSSR count). The van der Waals surface area contributed by atoms with Gasteiger partial charge in [0.25, 0.3) is 0 Å². The summed E-state index contributed by atoms with van der Waals surface area (Å²) in [5, 5.41) is 37.8. The Morgan fingerprint density at radius 3 is 2.50 bits per heavy atom. The molecule has 0 saturated carbocycles. The number of hydrogen-bond donors (Lipinski definition) is 4. The van der Waals surface area contributed by atoms with Crippen LogP contribution in [0, 0.1) is 0 Å². The van der Waals surface area contributed by atoms with Crippen molar-refractivity contribution in [3.05, 3.63) is 51.6 Å². The molecule has 0 aliphatic heterocycles. The lowest BCUT2D eigenvalue weighted by Crippen LogP contribution is -2.50. The summed E-state index contributed by atoms with van der Waals surface area (Å²) in [6.45, 7) is 3.18. The quantitative estimate of drug-likeness (QED) is 0.195. The van der Waals surface area contributed by atoms with Gasteiger partial charge in [-0.2, -0.15) is 0 Å². The van der Waals surface area contributed by atoms with Gasteiger partial charge in [0, 0.05) is 55.3 Å². The van der Waals surface area contributed by atoms with Crippen LogP contribution < -0.4 is 10.1 Å². The second-order valence-electron chi connectivity index (χ2n) is 10.8. The van der Waals surface area contributed by atoms with Crippen LogP contribution in [0.5, 0.6) is 17.2 Å². The SMILES string of the molecule is CCCCCOCC(=O)C1(O)Cc2c(O)c3c(c(O)c2C(NCCN(C)C)C1)C(=O)c1c(OC)cccc1C3=O. The van der Waals surface area contributed by atoms with Gasteiger partial charge >= 0.3 is 0 Å². The Morgan fingerprint density at radius 2 is 1.82 bits per heavy atom. The molecule has 2 unspecified atom stereocenters. The minimum absolute atomic E-state index is 0.0111. The zero-order valence-electron chi connectivity index (χ0n) is 23.5. The van der Waals surface area contributed by atoms with E-state index in [0.29, 0.717) is 19.7 Å². The molecule has 2 aliphatic carbocycles. The van der Waals surface area contributed by atoms with Crippen LogP contribution in [-0.4, -0.2) is 90.7 Å². The van der Waals surface area contributed by atoms with Crippen LogP contribution in [0.2, 0.25) is 0 Å². The van der Waals surface area contributed by atoms with Crippen molar-refractivity contribution < 1.29 is 39.2 Å². The molecular weight excluding hydrogens is 516 g/mol. The molecule has 216 valence electrons. The van der Waals surface area contributed by atoms with Crippen LogP contribution in [0.25, 0.3) is 0 Å². The highest BCUT2D eigenvalue weighted by Gasteiger charge is 2.48. The number of fused-ring (bicyclic) bond motifs is 3. The Morgan fingerprint density at radius 1 is 1.10 bits per heavy atom. The van der Waals surface area contributed by atoms with Crippen molar-refractivity contribution in [1.82, 2.24) is 10.2 Å². The van der Waals surface area contributed by atoms with Gasteiger partial charge < -0.3 is 35.0 Å². The predicted octanol–water partition coefficient (Wildman–Crippen LogP) is 2.53. The normalized spacial score (nSPS) is 19.8. The first-order valence-electron chi connectivity index (χ1n) is 13.6. The summed E-state index contributed by atoms with van der Waals surface area (Å²) >= 11 is 0. The highest BCUT2D eigenvalue weighted by atomic mass is 16.5. The van der Waals surface area contributed by atoms with Crippen molar-refractivity contribution >= 4 is 17.3 Å². The Balaban J connectivity index is 1.79. The lowest BCUT2D eigenvalue weighted by Gasteiger charge is -2.39. The van der Waals surface area contributed by atoms with Gasteiger partial charge in [0.15, 0.2) is 11.6 Å². The van der Waals surface area contributed by atoms with E-state index >= 15 is 0 Å². The molecular formula is C30H38N2O8. The smallest absolute Gasteiger partial charge is 0.202 e. The number of hydrogen-bond acceptors (Lipinski definition) is 10. The molecule has 40 heavy (non-hydrogen) atoms. The van der Waals surface area contributed by atoms with Gasteiger partial charge in [-0.15, -0.1) is 0 Å². The third kappa shape index (κ3) is 5.36. The summed E-state index contributed by atoms with van der Waals surface area (Å²) < 4.78 is 10.8. The molecule has 2 aromatic carbocycles. The number of methoxy groups -OCH3 is 1. The second kappa shape index (κ2) is 12.1. The van der Waals surface area contributed by atoms with Crippen molar-refractivity contribution in [2.45, 2.75) is 50.7 Å². The van der Waals surface area contributed by atoms with Crippen LogP contribution in [0.15, 0.2) is 18.2 Å². The van der Waals surface area contributed by atoms with E-state index < -0.39 is 40.5 Å². The van der Waals surface area contributed by atoms with E-state index in [1.807, 2.05) is 19.0 Å². The number of benzene rings is 2. The highest BCUT2D eigenvalue weighted by Crippen LogP contribution is 2.51. The first kappa shape index (κ1) is 29.7. The van der Waals surface area contributed by atoms with Crippen molar-refractivity contribution in [2.24, 2.45) is 0 Å². The third-order valence-electron chi connectivity index (χ3n) is 7.72. The fourth-order valence-electron chi connectivity index (χ4n) is 5.58. The zero-order valence-corrected chi connectivity index (χ0v) is 23.5. The average Bonchev–Trinajstić information content (AvgIpc) is 2.92. The number of Topliss-reactive ketones (excluding diaryl/α,β-unsaturated/α-hetero) is 1. The number of aliphatic hydroxyl groups is 1. The molecule has 0 spiro atoms. The van der Waals surface area contributed by atoms with Gasteiger partial charge in [0.05, 0.1) is 23.8 Å². The maximum absolute atomic E-state index is 13.7. The number of carbonyl (C=O) groups is 3. The number of aromatic hydroxyl groups is 2. The van der Waals surface area contributed by atoms with E-state index in [1.54, 1.807) is 12.1 Å². The zero-order chi connectivity index (χ0) is 29.2. The van der Waals surface area contributed by atoms with Gasteiger partial charge in [-0.1, -0.05) is 31.9 Å². The van der Waals surface area contributed by atoms with Gasteiger partial charge in [-0.05, 0) is 26.6 Å². The molecule has 2 atom stereocenters. The standard InChI is InChI=1S/C30H38N2O8/c1-5-6-7-13-40-16-21(33)30(38)14-18-22(19(15-30)31-11-12-32(2)3)28(36)25-24(27(18)35)26(34)17-9-8-10-20(39-4)23(17)29(25)37/h8-10,19,31,35-36,38H,5-7,11-16H2,1-4H3. The number of likely N-dealkylation sites (N-methyl/N-ethyl adjacent to an activating group) is 1. The summed E-state index contributed by atoms with van der Waals surface area (Å²) in [7, 11) is 5.16. The van der Waals surface area contributed by atoms with Crippen molar-refractivity contribution in [3.8, 4) is 17.2 Å². The van der Waals surface area contributed by atoms with Crippen LogP contribution in [0.3, 0.4) is 0 Å². The Kier molecular flexibility index (Phi) is 8.94. The molecule has 0 saturated heterocycles. The minimum Gasteiger partial charge on any atom is -0.507 e. The number of carbonyl (C=O) groups excluding carboxylic acids is 3. The van der Waals surface area contributed by atoms with Crippen LogP contribution in [0.1, 0.15) is 81.6 Å². The Hall–Kier alpha value is -3.31. The maximum Gasteiger partial charge on any atom is 0.202 e. The Labute approximate surface area is 233 Å². The maximum atomic E-state index is 13.7. The van der Waals surface area contributed by atoms with E-state index in [-0.39, 0.29) is 58.6 Å². The first-order chi connectivity index (χ1) is 19.1. The number of ketones is 3. The monoisotopic (exact) mass is 554 g/mol. The summed E-state index contributed by atoms with van der Waals surface area (Å²) in [4.78, 5) is 42.4. The van der Waals surface area contributed by atoms with Crippen LogP contribution >= 0.6 is 0 Å². The van der Waals surface area contributed by atoms with E-state index in [0.717, 1.165) is 19.3 Å². The molecule has 2 aromatic rings. The number of nitrogens with zero attached hydrogens (tertiary/aromatic N) is 1. The number of rotatable bonds is 12. The van der Waals surface area contributed by atoms with Crippen LogP contribution in [-0.2, 0) is 16.0 Å². The largest absolute Gasteiger partial charge is 0.507 e. The molecule has 0 bridgehead atoms. The number of nitrogens with one attached hydrogen (secondary N) is 1. The molecule has 0 radical (unpaired) electrons. The predicted molar refractivity (Wildman–Crippen MR) is 148 cm³/mol. The number of phenolic OH excluding ortho intramolecular Hbond substituents is 2. The van der Waals surface area contributed by atoms with Crippen molar-refractivity contribution in [3.63, 3.8) is 0 Å². The summed E-state index contributed by atoms with van der Waals surface area (Å²) in [5.41, 5.74) is -2.29. The van der Waals surface area contributed by atoms with Crippen LogP contribution in [0.4, 0.5) is 0 Å². The molecule has 2 aliphatic rings. The van der Waals surface area contributed by atoms with Crippen molar-refractivity contribution in [2.75, 3.05) is 47.5 Å². The Bertz CT molecular complexity index is 1320. The molecule has 0 amide bonds. The molecule has 0 aromatic heterocycles. The molecule has 10 heteroatoms. The van der Waals surface area contributed by atoms with E-state index in [9.17, 15) is 29.7 Å². The number of ether oxygens (including phenoxy) is 2. The molecule has 0 fully saturated rings. The average molecular weight is 555 g/mol. The fraction of sp³-hybridized carbons (Fsp3) is 0.500. The molecule has 4 N–H and O–H groups in total. The third-order valence-corrected chi connectivity index (χ3v) is 7.72. The fourth-order valence-corrected chi connectivity index (χ4v) is 5.58. The molecule has 0 heterocycles. The number of unbranched alkanes of at least 4 members (excludes halogenated alkanes) is 2. The van der Waals surface area contributed by atoms with Gasteiger partial charge in [0.2, 0.25) is 5.78 Å². The van der Waals surface area contributed by atoms with Gasteiger partial charge in [-0.25, -0.2) is 0 Å². The lowest BCUT2D eigenvalue weighted by atomic mass is 9.71. The topological polar surface area (TPSA) is 146 Å². The molecule has 10 nitrogen and oxygen atoms in total. The van der Waals surface area contributed by atoms with Gasteiger partial charge in [-0.3, -0.25) is 14.4 Å². The summed E-state index contributed by atoms with van der Waals surface area (Å²) in [5.74, 6) is -2.66. The minimum atomic E-state index is -1.92. The lowest BCUT2D eigenvalue weighted by molar-refractivity contribution is -0.144. The van der Waals surface area contributed by atoms with Crippen molar-refractivity contribution in [1.29, 1.82) is 0 Å². The first-order valence-corrected chi connectivity index (χ1v) is 13.6. The van der Waals surface area contributed by atoms with E-state index in [1.165, 1.54) is 13.2 Å². The van der Waals surface area contributed by atoms with E-state index in [4.69, 9.17) is 9.47 Å².